The second-order valence-electron chi connectivity index (χ2n) is 32.5. The minimum atomic E-state index is 0.488. The summed E-state index contributed by atoms with van der Waals surface area (Å²) in [6.07, 6.45) is 29.8. The van der Waals surface area contributed by atoms with Gasteiger partial charge in [-0.3, -0.25) is 0 Å². The van der Waals surface area contributed by atoms with Gasteiger partial charge in [0.15, 0.2) is 79.3 Å². The third-order valence-electron chi connectivity index (χ3n) is 19.1. The molecule has 9 heterocycles. The van der Waals surface area contributed by atoms with Crippen molar-refractivity contribution >= 4 is 11.4 Å². The molecular formula is C86H152N14+8. The summed E-state index contributed by atoms with van der Waals surface area (Å²) >= 11 is 0. The normalized spacial score (nSPS) is 13.0. The molecule has 0 aromatic carbocycles. The molecule has 0 saturated carbocycles. The molecule has 0 saturated heterocycles. The van der Waals surface area contributed by atoms with Crippen molar-refractivity contribution < 1.29 is 36.5 Å². The average molecular weight is 1380 g/mol. The molecule has 0 amide bonds. The van der Waals surface area contributed by atoms with Crippen LogP contribution in [0.1, 0.15) is 327 Å². The number of quaternary nitrogens is 1. The third-order valence-corrected chi connectivity index (χ3v) is 19.1. The fourth-order valence-corrected chi connectivity index (χ4v) is 11.0. The van der Waals surface area contributed by atoms with E-state index in [1.165, 1.54) is 45.1 Å². The Morgan fingerprint density at radius 1 is 0.410 bits per heavy atom. The van der Waals surface area contributed by atoms with Crippen molar-refractivity contribution in [1.29, 1.82) is 0 Å². The van der Waals surface area contributed by atoms with Crippen molar-refractivity contribution in [2.24, 2.45) is 0 Å². The highest BCUT2D eigenvalue weighted by Gasteiger charge is 2.29. The van der Waals surface area contributed by atoms with Gasteiger partial charge in [-0.25, -0.2) is 37.8 Å². The number of rotatable bonds is 16. The largest absolute Gasteiger partial charge is 0.325 e. The summed E-state index contributed by atoms with van der Waals surface area (Å²) < 4.78 is 19.2. The van der Waals surface area contributed by atoms with E-state index < -0.39 is 0 Å². The molecule has 14 heteroatoms. The van der Waals surface area contributed by atoms with E-state index in [0.29, 0.717) is 84.1 Å². The van der Waals surface area contributed by atoms with Gasteiger partial charge in [0.1, 0.15) is 30.0 Å². The Kier molecular flexibility index (Phi) is 39.5. The zero-order valence-electron chi connectivity index (χ0n) is 70.3. The van der Waals surface area contributed by atoms with Crippen molar-refractivity contribution in [2.45, 2.75) is 331 Å². The molecule has 2 aliphatic heterocycles. The lowest BCUT2D eigenvalue weighted by molar-refractivity contribution is -0.931. The molecule has 0 atom stereocenters. The van der Waals surface area contributed by atoms with Crippen LogP contribution in [-0.2, 0) is 12.8 Å². The van der Waals surface area contributed by atoms with Crippen LogP contribution in [-0.4, -0.2) is 70.4 Å². The SMILES string of the molecule is CC(C)N1CCc2c(ccc[n+]2C(C)C)N1.CC(C)N1NCCc2c1ccc[n+]2C(C)C.CC(C)[N+](C)(C)C(C)C.CC(C)c1cc[n+](C(C)C)cc1.CC(C)c1ccc[n+](C(C)C)c1.CC(C)c1cccc[n+]1C(C)C.CC(C)c1cnc[n+](C(C)C)c1.CC(C)n1cc[n+](C(C)C)c1. The van der Waals surface area contributed by atoms with E-state index in [-0.39, 0.29) is 0 Å². The summed E-state index contributed by atoms with van der Waals surface area (Å²) in [6, 6.07) is 30.6. The maximum Gasteiger partial charge on any atom is 0.286 e. The lowest BCUT2D eigenvalue weighted by Gasteiger charge is -2.38. The molecule has 9 rings (SSSR count). The first-order valence-electron chi connectivity index (χ1n) is 38.6. The number of hydrazine groups is 2. The van der Waals surface area contributed by atoms with Gasteiger partial charge in [0.2, 0.25) is 17.7 Å². The maximum absolute atomic E-state index is 4.19. The minimum Gasteiger partial charge on any atom is -0.325 e. The van der Waals surface area contributed by atoms with Gasteiger partial charge in [0, 0.05) is 97.5 Å². The van der Waals surface area contributed by atoms with E-state index in [0.717, 1.165) is 42.5 Å². The van der Waals surface area contributed by atoms with Gasteiger partial charge in [-0.1, -0.05) is 66.4 Å². The van der Waals surface area contributed by atoms with E-state index in [4.69, 9.17) is 0 Å². The minimum absolute atomic E-state index is 0.488. The van der Waals surface area contributed by atoms with Crippen LogP contribution >= 0.6 is 0 Å². The molecule has 7 aromatic heterocycles. The monoisotopic (exact) mass is 1380 g/mol. The van der Waals surface area contributed by atoms with E-state index in [1.807, 2.05) is 12.5 Å². The van der Waals surface area contributed by atoms with Gasteiger partial charge in [-0.15, -0.1) is 0 Å². The molecule has 2 aliphatic rings. The Balaban J connectivity index is 0.000000391. The number of pyridine rings is 5. The first-order valence-corrected chi connectivity index (χ1v) is 38.6. The number of hydrogen-bond acceptors (Lipinski definition) is 5. The summed E-state index contributed by atoms with van der Waals surface area (Å²) in [5.41, 5.74) is 18.0. The van der Waals surface area contributed by atoms with Crippen molar-refractivity contribution in [3.05, 3.63) is 181 Å². The fourth-order valence-electron chi connectivity index (χ4n) is 11.0. The van der Waals surface area contributed by atoms with Crippen LogP contribution in [0.5, 0.6) is 0 Å². The Hall–Kier alpha value is -6.48. The van der Waals surface area contributed by atoms with Gasteiger partial charge < -0.3 is 14.9 Å². The molecule has 0 fully saturated rings. The van der Waals surface area contributed by atoms with E-state index in [1.54, 1.807) is 0 Å². The highest BCUT2D eigenvalue weighted by molar-refractivity contribution is 5.50. The summed E-state index contributed by atoms with van der Waals surface area (Å²) in [6.45, 7) is 72.9. The lowest BCUT2D eigenvalue weighted by atomic mass is 10.1. The zero-order chi connectivity index (χ0) is 76.1. The molecule has 0 radical (unpaired) electrons. The zero-order valence-corrected chi connectivity index (χ0v) is 70.3. The van der Waals surface area contributed by atoms with E-state index in [9.17, 15) is 0 Å². The molecule has 0 unspecified atom stereocenters. The first-order chi connectivity index (χ1) is 46.7. The van der Waals surface area contributed by atoms with Gasteiger partial charge in [-0.2, -0.15) is 9.13 Å². The topological polar surface area (TPSA) is 75.5 Å². The number of fused-ring (bicyclic) bond motifs is 2. The lowest BCUT2D eigenvalue weighted by Crippen LogP contribution is -2.52. The van der Waals surface area contributed by atoms with Crippen molar-refractivity contribution in [1.82, 2.24) is 20.0 Å². The Bertz CT molecular complexity index is 3160. The van der Waals surface area contributed by atoms with Crippen molar-refractivity contribution in [3.63, 3.8) is 0 Å². The summed E-state index contributed by atoms with van der Waals surface area (Å²) in [4.78, 5) is 4.19. The highest BCUT2D eigenvalue weighted by atomic mass is 15.5. The fraction of sp³-hybridized carbons (Fsp3) is 0.628. The number of hydrogen-bond donors (Lipinski definition) is 2. The number of nitrogens with one attached hydrogen (secondary N) is 2. The summed E-state index contributed by atoms with van der Waals surface area (Å²) in [7, 11) is 4.55. The van der Waals surface area contributed by atoms with Crippen molar-refractivity contribution in [2.75, 3.05) is 37.6 Å². The predicted octanol–water partition coefficient (Wildman–Crippen LogP) is 17.9. The van der Waals surface area contributed by atoms with Gasteiger partial charge in [0.05, 0.1) is 50.5 Å². The van der Waals surface area contributed by atoms with Crippen LogP contribution in [0, 0.1) is 0 Å². The maximum atomic E-state index is 4.19. The molecule has 100 heavy (non-hydrogen) atoms. The Labute approximate surface area is 614 Å². The average Bonchev–Trinajstić information content (AvgIpc) is 0.918. The standard InChI is InChI=1S/2C13H22N3.3C11H18N.C10H17N2.C9H17N2.C8H20N/c1-10(2)15-9-5-6-13-12(15)7-8-14-16(13)11(3)4;1-10(2)15-8-5-6-12-13(15)7-9-16(14-12)11(3)4;1-9(2)11-5-7-12(8-6-11)10(3)4;1-9(2)11-6-5-7-12(8-11)10(3)4;1-9(2)11-7-5-6-8-12(11)10(3)4;1-8(2)10-5-11-7-12(6-10)9(3)4;1-8(2)10-5-6-11(7-10)9(3)4;1-7(2)9(5,6)8(3)4/h5-6,9-11,14H,7-8H2,1-4H3;5-6,8,10-11,14H,7,9H2,1-4H3;3*5-10H,1-4H3;5-9H,1-4H3;5-9H,1-4H3;7-8H,1-6H3/q8*+1. The van der Waals surface area contributed by atoms with E-state index >= 15 is 0 Å². The van der Waals surface area contributed by atoms with Crippen LogP contribution < -0.4 is 47.8 Å². The molecule has 14 nitrogen and oxygen atoms in total. The quantitative estimate of drug-likeness (QED) is 0.0745. The molecule has 7 aromatic rings. The second kappa shape index (κ2) is 44.1. The molecule has 0 bridgehead atoms. The van der Waals surface area contributed by atoms with Crippen LogP contribution in [0.2, 0.25) is 0 Å². The predicted molar refractivity (Wildman–Crippen MR) is 423 cm³/mol. The Morgan fingerprint density at radius 3 is 1.34 bits per heavy atom. The summed E-state index contributed by atoms with van der Waals surface area (Å²) in [5.74, 6) is 2.42. The van der Waals surface area contributed by atoms with Crippen LogP contribution in [0.4, 0.5) is 11.4 Å². The highest BCUT2D eigenvalue weighted by Crippen LogP contribution is 2.24. The van der Waals surface area contributed by atoms with Gasteiger partial charge >= 0.3 is 0 Å². The van der Waals surface area contributed by atoms with Crippen LogP contribution in [0.25, 0.3) is 0 Å². The Morgan fingerprint density at radius 2 is 0.910 bits per heavy atom. The molecule has 0 spiro atoms. The number of nitrogens with zero attached hydrogens (tertiary/aromatic N) is 12. The van der Waals surface area contributed by atoms with Crippen LogP contribution in [0.3, 0.4) is 0 Å². The number of anilines is 2. The first kappa shape index (κ1) is 89.6. The van der Waals surface area contributed by atoms with Gasteiger partial charge in [-0.05, 0) is 208 Å². The molecule has 2 N–H and O–H groups in total. The third kappa shape index (κ3) is 29.8. The number of aromatic nitrogens is 9. The molecular weight excluding hydrogens is 1230 g/mol. The van der Waals surface area contributed by atoms with Gasteiger partial charge in [0.25, 0.3) is 6.33 Å². The van der Waals surface area contributed by atoms with Crippen molar-refractivity contribution in [3.8, 4) is 0 Å². The van der Waals surface area contributed by atoms with Crippen LogP contribution in [0.15, 0.2) is 148 Å². The summed E-state index contributed by atoms with van der Waals surface area (Å²) in [5, 5.41) is 4.57. The molecule has 558 valence electrons. The molecule has 0 aliphatic carbocycles. The second-order valence-corrected chi connectivity index (χ2v) is 32.5. The smallest absolute Gasteiger partial charge is 0.286 e. The van der Waals surface area contributed by atoms with E-state index in [2.05, 4.69) is 433 Å². The number of imidazole rings is 1.